The molecule has 0 spiro atoms. The lowest BCUT2D eigenvalue weighted by molar-refractivity contribution is -0.123. The lowest BCUT2D eigenvalue weighted by Crippen LogP contribution is -2.47. The van der Waals surface area contributed by atoms with Crippen LogP contribution in [0.3, 0.4) is 0 Å². The van der Waals surface area contributed by atoms with E-state index >= 15 is 0 Å². The molecule has 2 aromatic carbocycles. The molecule has 0 aromatic heterocycles. The third kappa shape index (κ3) is 5.48. The van der Waals surface area contributed by atoms with Crippen molar-refractivity contribution >= 4 is 15.9 Å². The van der Waals surface area contributed by atoms with E-state index < -0.39 is 16.1 Å². The van der Waals surface area contributed by atoms with Gasteiger partial charge in [0.1, 0.15) is 6.04 Å². The number of carbonyl (C=O) groups excluding carboxylic acids is 1. The van der Waals surface area contributed by atoms with Crippen molar-refractivity contribution in [2.45, 2.75) is 44.7 Å². The molecule has 1 aliphatic rings. The van der Waals surface area contributed by atoms with E-state index in [0.717, 1.165) is 11.1 Å². The molecule has 0 radical (unpaired) electrons. The molecule has 1 aliphatic heterocycles. The summed E-state index contributed by atoms with van der Waals surface area (Å²) in [7, 11) is -3.81. The smallest absolute Gasteiger partial charge is 0.241 e. The minimum atomic E-state index is -3.81. The first kappa shape index (κ1) is 21.1. The highest BCUT2D eigenvalue weighted by Crippen LogP contribution is 2.32. The van der Waals surface area contributed by atoms with Crippen LogP contribution >= 0.6 is 0 Å². The summed E-state index contributed by atoms with van der Waals surface area (Å²) in [5.41, 5.74) is 1.80. The van der Waals surface area contributed by atoms with Crippen molar-refractivity contribution in [1.29, 1.82) is 0 Å². The molecule has 1 amide bonds. The quantitative estimate of drug-likeness (QED) is 0.688. The Hall–Kier alpha value is -2.58. The number of hydrogen-bond donors (Lipinski definition) is 2. The number of amides is 1. The number of benzene rings is 2. The topological polar surface area (TPSA) is 93.7 Å². The van der Waals surface area contributed by atoms with Gasteiger partial charge in [0.05, 0.1) is 4.90 Å². The van der Waals surface area contributed by atoms with E-state index in [-0.39, 0.29) is 30.1 Å². The average Bonchev–Trinajstić information content (AvgIpc) is 3.13. The molecular weight excluding hydrogens is 392 g/mol. The molecule has 156 valence electrons. The molecule has 3 rings (SSSR count). The summed E-state index contributed by atoms with van der Waals surface area (Å²) in [6.45, 7) is 6.21. The lowest BCUT2D eigenvalue weighted by atomic mass is 10.0. The zero-order valence-electron chi connectivity index (χ0n) is 16.8. The molecule has 0 bridgehead atoms. The van der Waals surface area contributed by atoms with Gasteiger partial charge in [-0.2, -0.15) is 4.72 Å². The number of sulfonamides is 1. The second-order valence-corrected chi connectivity index (χ2v) is 9.24. The molecule has 0 fully saturated rings. The maximum Gasteiger partial charge on any atom is 0.241 e. The number of fused-ring (bicyclic) bond motifs is 1. The van der Waals surface area contributed by atoms with E-state index in [1.165, 1.54) is 12.1 Å². The van der Waals surface area contributed by atoms with Crippen molar-refractivity contribution in [3.8, 4) is 11.5 Å². The Morgan fingerprint density at radius 1 is 1.07 bits per heavy atom. The Morgan fingerprint density at radius 3 is 2.45 bits per heavy atom. The highest BCUT2D eigenvalue weighted by atomic mass is 32.2. The molecule has 1 atom stereocenters. The van der Waals surface area contributed by atoms with E-state index in [1.807, 2.05) is 26.8 Å². The van der Waals surface area contributed by atoms with Crippen molar-refractivity contribution in [2.24, 2.45) is 5.92 Å². The molecule has 2 aromatic rings. The maximum atomic E-state index is 12.8. The van der Waals surface area contributed by atoms with Crippen LogP contribution in [0.1, 0.15) is 31.4 Å². The van der Waals surface area contributed by atoms with Gasteiger partial charge in [0.15, 0.2) is 11.5 Å². The molecule has 29 heavy (non-hydrogen) atoms. The van der Waals surface area contributed by atoms with Crippen LogP contribution in [0, 0.1) is 12.8 Å². The summed E-state index contributed by atoms with van der Waals surface area (Å²) >= 11 is 0. The third-order valence-electron chi connectivity index (χ3n) is 4.56. The molecule has 2 N–H and O–H groups in total. The van der Waals surface area contributed by atoms with Crippen molar-refractivity contribution in [1.82, 2.24) is 10.0 Å². The number of hydrogen-bond acceptors (Lipinski definition) is 5. The number of rotatable bonds is 8. The van der Waals surface area contributed by atoms with Crippen LogP contribution < -0.4 is 19.5 Å². The summed E-state index contributed by atoms with van der Waals surface area (Å²) in [4.78, 5) is 12.9. The molecule has 1 unspecified atom stereocenters. The van der Waals surface area contributed by atoms with Crippen molar-refractivity contribution in [3.63, 3.8) is 0 Å². The Balaban J connectivity index is 1.68. The summed E-state index contributed by atoms with van der Waals surface area (Å²) in [6, 6.07) is 11.1. The molecule has 0 aliphatic carbocycles. The van der Waals surface area contributed by atoms with Crippen LogP contribution in [0.5, 0.6) is 11.5 Å². The largest absolute Gasteiger partial charge is 0.454 e. The first-order valence-corrected chi connectivity index (χ1v) is 11.0. The first-order chi connectivity index (χ1) is 13.7. The number of ether oxygens (including phenoxy) is 2. The molecule has 8 heteroatoms. The maximum absolute atomic E-state index is 12.8. The second kappa shape index (κ2) is 8.84. The van der Waals surface area contributed by atoms with Gasteiger partial charge in [0.2, 0.25) is 22.7 Å². The predicted octanol–water partition coefficient (Wildman–Crippen LogP) is 2.73. The lowest BCUT2D eigenvalue weighted by Gasteiger charge is -2.20. The highest BCUT2D eigenvalue weighted by molar-refractivity contribution is 7.89. The first-order valence-electron chi connectivity index (χ1n) is 9.50. The Bertz CT molecular complexity index is 971. The Labute approximate surface area is 171 Å². The monoisotopic (exact) mass is 418 g/mol. The van der Waals surface area contributed by atoms with Crippen LogP contribution in [-0.2, 0) is 21.4 Å². The van der Waals surface area contributed by atoms with Gasteiger partial charge in [-0.1, -0.05) is 37.6 Å². The van der Waals surface area contributed by atoms with Gasteiger partial charge >= 0.3 is 0 Å². The van der Waals surface area contributed by atoms with Crippen molar-refractivity contribution < 1.29 is 22.7 Å². The van der Waals surface area contributed by atoms with Crippen LogP contribution in [0.15, 0.2) is 47.4 Å². The van der Waals surface area contributed by atoms with Crippen molar-refractivity contribution in [2.75, 3.05) is 6.79 Å². The molecular formula is C21H26N2O5S. The van der Waals surface area contributed by atoms with E-state index in [0.29, 0.717) is 17.9 Å². The van der Waals surface area contributed by atoms with Gasteiger partial charge in [0.25, 0.3) is 0 Å². The minimum Gasteiger partial charge on any atom is -0.454 e. The Kier molecular flexibility index (Phi) is 6.44. The van der Waals surface area contributed by atoms with Gasteiger partial charge in [0, 0.05) is 6.54 Å². The number of carbonyl (C=O) groups is 1. The molecule has 1 heterocycles. The summed E-state index contributed by atoms with van der Waals surface area (Å²) in [5.74, 6) is 1.07. The van der Waals surface area contributed by atoms with E-state index in [9.17, 15) is 13.2 Å². The van der Waals surface area contributed by atoms with Gasteiger partial charge in [-0.3, -0.25) is 4.79 Å². The molecule has 0 saturated heterocycles. The fraction of sp³-hybridized carbons (Fsp3) is 0.381. The summed E-state index contributed by atoms with van der Waals surface area (Å²) in [5, 5.41) is 2.82. The fourth-order valence-electron chi connectivity index (χ4n) is 3.02. The van der Waals surface area contributed by atoms with Gasteiger partial charge in [-0.15, -0.1) is 0 Å². The van der Waals surface area contributed by atoms with Crippen LogP contribution in [0.4, 0.5) is 0 Å². The Morgan fingerprint density at radius 2 is 1.76 bits per heavy atom. The van der Waals surface area contributed by atoms with E-state index in [2.05, 4.69) is 10.0 Å². The standard InChI is InChI=1S/C21H26N2O5S/c1-14(2)10-18(23-29(25,26)17-7-4-15(3)5-8-17)21(24)22-12-16-6-9-19-20(11-16)28-13-27-19/h4-9,11,14,18,23H,10,12-13H2,1-3H3,(H,22,24). The van der Waals surface area contributed by atoms with Gasteiger partial charge in [-0.05, 0) is 49.1 Å². The number of aryl methyl sites for hydroxylation is 1. The van der Waals surface area contributed by atoms with Crippen LogP contribution in [0.25, 0.3) is 0 Å². The summed E-state index contributed by atoms with van der Waals surface area (Å²) < 4.78 is 38.6. The van der Waals surface area contributed by atoms with E-state index in [4.69, 9.17) is 9.47 Å². The summed E-state index contributed by atoms with van der Waals surface area (Å²) in [6.07, 6.45) is 0.387. The van der Waals surface area contributed by atoms with Gasteiger partial charge in [-0.25, -0.2) is 8.42 Å². The zero-order valence-corrected chi connectivity index (χ0v) is 17.6. The molecule has 0 saturated carbocycles. The van der Waals surface area contributed by atoms with E-state index in [1.54, 1.807) is 24.3 Å². The van der Waals surface area contributed by atoms with Crippen LogP contribution in [0.2, 0.25) is 0 Å². The highest BCUT2D eigenvalue weighted by Gasteiger charge is 2.26. The fourth-order valence-corrected chi connectivity index (χ4v) is 4.22. The molecule has 7 nitrogen and oxygen atoms in total. The van der Waals surface area contributed by atoms with Crippen LogP contribution in [-0.4, -0.2) is 27.2 Å². The third-order valence-corrected chi connectivity index (χ3v) is 6.04. The predicted molar refractivity (Wildman–Crippen MR) is 109 cm³/mol. The van der Waals surface area contributed by atoms with Crippen molar-refractivity contribution in [3.05, 3.63) is 53.6 Å². The average molecular weight is 419 g/mol. The SMILES string of the molecule is Cc1ccc(S(=O)(=O)NC(CC(C)C)C(=O)NCc2ccc3c(c2)OCO3)cc1. The minimum absolute atomic E-state index is 0.136. The number of nitrogens with one attached hydrogen (secondary N) is 2. The van der Waals surface area contributed by atoms with Gasteiger partial charge < -0.3 is 14.8 Å². The zero-order chi connectivity index (χ0) is 21.0. The normalized spacial score (nSPS) is 14.1. The second-order valence-electron chi connectivity index (χ2n) is 7.52.